The van der Waals surface area contributed by atoms with Crippen LogP contribution >= 0.6 is 11.3 Å². The lowest BCUT2D eigenvalue weighted by atomic mass is 10.0. The maximum atomic E-state index is 12.3. The number of fused-ring (bicyclic) bond motifs is 1. The zero-order valence-electron chi connectivity index (χ0n) is 13.6. The Morgan fingerprint density at radius 3 is 3.00 bits per heavy atom. The molecule has 1 aliphatic heterocycles. The fraction of sp³-hybridized carbons (Fsp3) is 0.389. The molecule has 0 aliphatic carbocycles. The Bertz CT molecular complexity index is 685. The summed E-state index contributed by atoms with van der Waals surface area (Å²) in [5, 5.41) is 18.2. The minimum atomic E-state index is -1.07. The van der Waals surface area contributed by atoms with Gasteiger partial charge in [-0.1, -0.05) is 24.3 Å². The summed E-state index contributed by atoms with van der Waals surface area (Å²) < 4.78 is 5.71. The quantitative estimate of drug-likeness (QED) is 0.796. The number of thiophene rings is 1. The fourth-order valence-electron chi connectivity index (χ4n) is 2.81. The molecule has 3 N–H and O–H groups in total. The van der Waals surface area contributed by atoms with Gasteiger partial charge in [0.15, 0.2) is 0 Å². The molecule has 1 aliphatic rings. The maximum Gasteiger partial charge on any atom is 0.315 e. The molecule has 0 spiro atoms. The maximum absolute atomic E-state index is 12.3. The van der Waals surface area contributed by atoms with Crippen LogP contribution < -0.4 is 15.4 Å². The van der Waals surface area contributed by atoms with Crippen molar-refractivity contribution in [3.05, 3.63) is 52.2 Å². The van der Waals surface area contributed by atoms with Gasteiger partial charge in [-0.3, -0.25) is 0 Å². The molecule has 6 heteroatoms. The molecule has 0 unspecified atom stereocenters. The number of aliphatic hydroxyl groups is 1. The monoisotopic (exact) mass is 346 g/mol. The van der Waals surface area contributed by atoms with Crippen LogP contribution in [0.4, 0.5) is 4.79 Å². The van der Waals surface area contributed by atoms with Crippen molar-refractivity contribution in [2.45, 2.75) is 31.4 Å². The van der Waals surface area contributed by atoms with Gasteiger partial charge in [-0.25, -0.2) is 4.79 Å². The molecule has 5 nitrogen and oxygen atoms in total. The lowest BCUT2D eigenvalue weighted by molar-refractivity contribution is 0.0630. The molecule has 128 valence electrons. The lowest BCUT2D eigenvalue weighted by Crippen LogP contribution is -2.44. The van der Waals surface area contributed by atoms with Gasteiger partial charge in [-0.2, -0.15) is 0 Å². The molecule has 1 aromatic heterocycles. The van der Waals surface area contributed by atoms with Crippen molar-refractivity contribution in [2.24, 2.45) is 0 Å². The third-order valence-corrected chi connectivity index (χ3v) is 5.26. The average molecular weight is 346 g/mol. The molecule has 0 radical (unpaired) electrons. The topological polar surface area (TPSA) is 70.6 Å². The average Bonchev–Trinajstić information content (AvgIpc) is 3.05. The summed E-state index contributed by atoms with van der Waals surface area (Å²) in [6.45, 7) is 2.52. The van der Waals surface area contributed by atoms with Crippen LogP contribution in [0.25, 0.3) is 0 Å². The number of ether oxygens (including phenoxy) is 1. The Morgan fingerprint density at radius 2 is 2.21 bits per heavy atom. The van der Waals surface area contributed by atoms with Crippen LogP contribution in [-0.2, 0) is 5.60 Å². The minimum Gasteiger partial charge on any atom is -0.493 e. The normalized spacial score (nSPS) is 19.3. The second-order valence-corrected chi connectivity index (χ2v) is 7.11. The second kappa shape index (κ2) is 7.23. The predicted octanol–water partition coefficient (Wildman–Crippen LogP) is 3.17. The Balaban J connectivity index is 1.61. The molecule has 0 fully saturated rings. The van der Waals surface area contributed by atoms with Crippen molar-refractivity contribution in [3.8, 4) is 5.75 Å². The Morgan fingerprint density at radius 1 is 1.38 bits per heavy atom. The van der Waals surface area contributed by atoms with Crippen LogP contribution in [0.15, 0.2) is 41.8 Å². The highest BCUT2D eigenvalue weighted by Gasteiger charge is 2.26. The second-order valence-electron chi connectivity index (χ2n) is 6.16. The van der Waals surface area contributed by atoms with E-state index in [1.165, 1.54) is 11.3 Å². The summed E-state index contributed by atoms with van der Waals surface area (Å²) >= 11 is 1.47. The minimum absolute atomic E-state index is 0.0876. The zero-order chi connectivity index (χ0) is 17.0. The number of carbonyl (C=O) groups excluding carboxylic acids is 1. The largest absolute Gasteiger partial charge is 0.493 e. The first-order valence-corrected chi connectivity index (χ1v) is 8.97. The van der Waals surface area contributed by atoms with Crippen LogP contribution in [0.1, 0.15) is 36.2 Å². The van der Waals surface area contributed by atoms with Gasteiger partial charge in [0.25, 0.3) is 0 Å². The van der Waals surface area contributed by atoms with Crippen molar-refractivity contribution >= 4 is 17.4 Å². The molecule has 1 aromatic carbocycles. The van der Waals surface area contributed by atoms with E-state index in [1.807, 2.05) is 41.8 Å². The molecule has 3 rings (SSSR count). The van der Waals surface area contributed by atoms with Crippen molar-refractivity contribution in [1.29, 1.82) is 0 Å². The van der Waals surface area contributed by atoms with E-state index in [1.54, 1.807) is 6.92 Å². The number of benzene rings is 1. The van der Waals surface area contributed by atoms with Gasteiger partial charge in [-0.15, -0.1) is 11.3 Å². The third kappa shape index (κ3) is 3.88. The van der Waals surface area contributed by atoms with Gasteiger partial charge in [0.1, 0.15) is 11.4 Å². The predicted molar refractivity (Wildman–Crippen MR) is 94.3 cm³/mol. The molecular formula is C18H22N2O3S. The van der Waals surface area contributed by atoms with E-state index < -0.39 is 5.60 Å². The lowest BCUT2D eigenvalue weighted by Gasteiger charge is -2.24. The van der Waals surface area contributed by atoms with Crippen LogP contribution in [-0.4, -0.2) is 24.3 Å². The fourth-order valence-corrected chi connectivity index (χ4v) is 3.60. The zero-order valence-corrected chi connectivity index (χ0v) is 14.4. The summed E-state index contributed by atoms with van der Waals surface area (Å²) in [6, 6.07) is 11.2. The third-order valence-electron chi connectivity index (χ3n) is 4.14. The number of carbonyl (C=O) groups is 1. The van der Waals surface area contributed by atoms with Crippen LogP contribution in [0.2, 0.25) is 0 Å². The van der Waals surface area contributed by atoms with Gasteiger partial charge in [0, 0.05) is 10.4 Å². The molecule has 0 saturated heterocycles. The Labute approximate surface area is 145 Å². The highest BCUT2D eigenvalue weighted by atomic mass is 32.1. The molecule has 0 bridgehead atoms. The Kier molecular flexibility index (Phi) is 5.06. The van der Waals surface area contributed by atoms with Gasteiger partial charge >= 0.3 is 6.03 Å². The van der Waals surface area contributed by atoms with E-state index in [0.717, 1.165) is 29.0 Å². The number of urea groups is 1. The summed E-state index contributed by atoms with van der Waals surface area (Å²) in [7, 11) is 0. The number of nitrogens with one attached hydrogen (secondary N) is 2. The van der Waals surface area contributed by atoms with Crippen LogP contribution in [0, 0.1) is 0 Å². The van der Waals surface area contributed by atoms with E-state index in [2.05, 4.69) is 10.6 Å². The highest BCUT2D eigenvalue weighted by molar-refractivity contribution is 7.10. The molecular weight excluding hydrogens is 324 g/mol. The standard InChI is InChI=1S/C18H22N2O3S/c1-18(22,16-9-5-11-24-16)12-19-17(21)20-14-7-4-10-23-15-8-3-2-6-13(14)15/h2-3,5-6,8-9,11,14,22H,4,7,10,12H2,1H3,(H2,19,20,21)/t14-,18+/m1/s1. The molecule has 2 aromatic rings. The van der Waals surface area contributed by atoms with Gasteiger partial charge in [0.2, 0.25) is 0 Å². The van der Waals surface area contributed by atoms with E-state index >= 15 is 0 Å². The number of hydrogen-bond acceptors (Lipinski definition) is 4. The van der Waals surface area contributed by atoms with Crippen molar-refractivity contribution in [3.63, 3.8) is 0 Å². The molecule has 0 saturated carbocycles. The first-order valence-electron chi connectivity index (χ1n) is 8.09. The molecule has 2 heterocycles. The van der Waals surface area contributed by atoms with Crippen LogP contribution in [0.5, 0.6) is 5.75 Å². The van der Waals surface area contributed by atoms with Crippen molar-refractivity contribution in [1.82, 2.24) is 10.6 Å². The molecule has 24 heavy (non-hydrogen) atoms. The smallest absolute Gasteiger partial charge is 0.315 e. The number of rotatable bonds is 4. The summed E-state index contributed by atoms with van der Waals surface area (Å²) in [6.07, 6.45) is 1.71. The molecule has 2 amide bonds. The van der Waals surface area contributed by atoms with E-state index in [4.69, 9.17) is 4.74 Å². The Hall–Kier alpha value is -2.05. The van der Waals surface area contributed by atoms with E-state index in [-0.39, 0.29) is 18.6 Å². The van der Waals surface area contributed by atoms with Crippen molar-refractivity contribution < 1.29 is 14.6 Å². The van der Waals surface area contributed by atoms with E-state index in [0.29, 0.717) is 6.61 Å². The van der Waals surface area contributed by atoms with Gasteiger partial charge in [-0.05, 0) is 37.3 Å². The SMILES string of the molecule is C[C@](O)(CNC(=O)N[C@@H]1CCCOc2ccccc21)c1cccs1. The van der Waals surface area contributed by atoms with E-state index in [9.17, 15) is 9.90 Å². The highest BCUT2D eigenvalue weighted by Crippen LogP contribution is 2.31. The molecule has 2 atom stereocenters. The number of hydrogen-bond donors (Lipinski definition) is 3. The van der Waals surface area contributed by atoms with Gasteiger partial charge < -0.3 is 20.5 Å². The van der Waals surface area contributed by atoms with Crippen LogP contribution in [0.3, 0.4) is 0 Å². The first-order chi connectivity index (χ1) is 11.6. The van der Waals surface area contributed by atoms with Gasteiger partial charge in [0.05, 0.1) is 19.2 Å². The summed E-state index contributed by atoms with van der Waals surface area (Å²) in [4.78, 5) is 13.1. The summed E-state index contributed by atoms with van der Waals surface area (Å²) in [5.74, 6) is 0.825. The first kappa shape index (κ1) is 16.8. The number of amides is 2. The summed E-state index contributed by atoms with van der Waals surface area (Å²) in [5.41, 5.74) is -0.0779. The number of para-hydroxylation sites is 1. The van der Waals surface area contributed by atoms with Crippen molar-refractivity contribution in [2.75, 3.05) is 13.2 Å².